The Hall–Kier alpha value is -0.0800. The second-order valence-electron chi connectivity index (χ2n) is 7.41. The van der Waals surface area contributed by atoms with Crippen LogP contribution in [0.4, 0.5) is 0 Å². The van der Waals surface area contributed by atoms with Crippen LogP contribution in [-0.4, -0.2) is 36.1 Å². The summed E-state index contributed by atoms with van der Waals surface area (Å²) in [5, 5.41) is 3.79. The Labute approximate surface area is 126 Å². The maximum atomic E-state index is 3.79. The fraction of sp³-hybridized carbons (Fsp3) is 1.00. The van der Waals surface area contributed by atoms with Crippen molar-refractivity contribution in [2.75, 3.05) is 13.1 Å². The number of rotatable bonds is 5. The molecule has 4 atom stereocenters. The van der Waals surface area contributed by atoms with E-state index in [0.717, 1.165) is 30.0 Å². The van der Waals surface area contributed by atoms with Crippen molar-refractivity contribution in [2.24, 2.45) is 11.8 Å². The van der Waals surface area contributed by atoms with E-state index in [2.05, 4.69) is 37.9 Å². The normalized spacial score (nSPS) is 36.5. The summed E-state index contributed by atoms with van der Waals surface area (Å²) < 4.78 is 0. The van der Waals surface area contributed by atoms with Crippen molar-refractivity contribution in [3.05, 3.63) is 0 Å². The molecule has 2 heteroatoms. The lowest BCUT2D eigenvalue weighted by molar-refractivity contribution is 0.0136. The monoisotopic (exact) mass is 280 g/mol. The molecule has 0 aromatic carbocycles. The fourth-order valence-corrected chi connectivity index (χ4v) is 4.54. The Bertz CT molecular complexity index is 277. The molecule has 20 heavy (non-hydrogen) atoms. The summed E-state index contributed by atoms with van der Waals surface area (Å²) in [6, 6.07) is 2.36. The van der Waals surface area contributed by atoms with Crippen molar-refractivity contribution in [2.45, 2.75) is 90.8 Å². The molecule has 0 bridgehead atoms. The molecule has 1 aliphatic heterocycles. The van der Waals surface area contributed by atoms with Gasteiger partial charge in [0.2, 0.25) is 0 Å². The van der Waals surface area contributed by atoms with Crippen LogP contribution in [0.15, 0.2) is 0 Å². The van der Waals surface area contributed by atoms with Crippen molar-refractivity contribution < 1.29 is 0 Å². The van der Waals surface area contributed by atoms with E-state index in [4.69, 9.17) is 0 Å². The highest BCUT2D eigenvalue weighted by atomic mass is 15.3. The topological polar surface area (TPSA) is 15.3 Å². The first kappa shape index (κ1) is 16.3. The van der Waals surface area contributed by atoms with Gasteiger partial charge in [-0.25, -0.2) is 0 Å². The lowest BCUT2D eigenvalue weighted by atomic mass is 9.76. The van der Waals surface area contributed by atoms with Gasteiger partial charge in [-0.3, -0.25) is 4.90 Å². The average Bonchev–Trinajstić information content (AvgIpc) is 2.47. The minimum Gasteiger partial charge on any atom is -0.311 e. The molecule has 2 fully saturated rings. The molecule has 1 N–H and O–H groups in total. The van der Waals surface area contributed by atoms with E-state index in [1.165, 1.54) is 58.0 Å². The van der Waals surface area contributed by atoms with Crippen LogP contribution in [0.5, 0.6) is 0 Å². The van der Waals surface area contributed by atoms with E-state index in [0.29, 0.717) is 0 Å². The Kier molecular flexibility index (Phi) is 6.35. The number of nitrogens with one attached hydrogen (secondary N) is 1. The van der Waals surface area contributed by atoms with Gasteiger partial charge in [-0.2, -0.15) is 0 Å². The van der Waals surface area contributed by atoms with Gasteiger partial charge in [0.15, 0.2) is 0 Å². The second-order valence-corrected chi connectivity index (χ2v) is 7.41. The van der Waals surface area contributed by atoms with E-state index in [9.17, 15) is 0 Å². The van der Waals surface area contributed by atoms with Crippen LogP contribution in [0.25, 0.3) is 0 Å². The zero-order valence-electron chi connectivity index (χ0n) is 14.2. The molecular weight excluding hydrogens is 244 g/mol. The first-order chi connectivity index (χ1) is 9.67. The van der Waals surface area contributed by atoms with Crippen molar-refractivity contribution >= 4 is 0 Å². The Morgan fingerprint density at radius 2 is 1.90 bits per heavy atom. The smallest absolute Gasteiger partial charge is 0.0221 e. The van der Waals surface area contributed by atoms with Crippen molar-refractivity contribution in [1.82, 2.24) is 10.2 Å². The van der Waals surface area contributed by atoms with Crippen LogP contribution in [-0.2, 0) is 0 Å². The lowest BCUT2D eigenvalue weighted by Gasteiger charge is -2.49. The summed E-state index contributed by atoms with van der Waals surface area (Å²) >= 11 is 0. The van der Waals surface area contributed by atoms with Gasteiger partial charge in [0, 0.05) is 31.2 Å². The summed E-state index contributed by atoms with van der Waals surface area (Å²) in [6.45, 7) is 12.1. The third-order valence-corrected chi connectivity index (χ3v) is 5.71. The van der Waals surface area contributed by atoms with Gasteiger partial charge in [0.25, 0.3) is 0 Å². The van der Waals surface area contributed by atoms with Crippen LogP contribution in [0.3, 0.4) is 0 Å². The van der Waals surface area contributed by atoms with Crippen LogP contribution >= 0.6 is 0 Å². The zero-order valence-corrected chi connectivity index (χ0v) is 14.2. The van der Waals surface area contributed by atoms with Gasteiger partial charge in [0.05, 0.1) is 0 Å². The molecule has 1 saturated carbocycles. The molecule has 0 amide bonds. The number of piperazine rings is 1. The fourth-order valence-electron chi connectivity index (χ4n) is 4.54. The summed E-state index contributed by atoms with van der Waals surface area (Å²) in [5.41, 5.74) is 0. The van der Waals surface area contributed by atoms with Gasteiger partial charge in [-0.15, -0.1) is 0 Å². The van der Waals surface area contributed by atoms with Gasteiger partial charge in [-0.1, -0.05) is 47.0 Å². The van der Waals surface area contributed by atoms with E-state index in [-0.39, 0.29) is 0 Å². The highest BCUT2D eigenvalue weighted by molar-refractivity contribution is 4.93. The molecule has 2 nitrogen and oxygen atoms in total. The summed E-state index contributed by atoms with van der Waals surface area (Å²) in [5.74, 6) is 1.77. The predicted molar refractivity (Wildman–Crippen MR) is 88.1 cm³/mol. The minimum absolute atomic E-state index is 0.734. The summed E-state index contributed by atoms with van der Waals surface area (Å²) in [6.07, 6.45) is 9.76. The van der Waals surface area contributed by atoms with Gasteiger partial charge in [0.1, 0.15) is 0 Å². The third-order valence-electron chi connectivity index (χ3n) is 5.71. The molecule has 0 aromatic heterocycles. The number of hydrogen-bond donors (Lipinski definition) is 1. The maximum absolute atomic E-state index is 3.79. The molecule has 2 aliphatic rings. The van der Waals surface area contributed by atoms with Gasteiger partial charge in [-0.05, 0) is 37.5 Å². The summed E-state index contributed by atoms with van der Waals surface area (Å²) in [4.78, 5) is 2.92. The predicted octanol–water partition coefficient (Wildman–Crippen LogP) is 4.05. The third kappa shape index (κ3) is 3.76. The largest absolute Gasteiger partial charge is 0.311 e. The lowest BCUT2D eigenvalue weighted by Crippen LogP contribution is -2.61. The van der Waals surface area contributed by atoms with E-state index >= 15 is 0 Å². The minimum atomic E-state index is 0.734. The van der Waals surface area contributed by atoms with Gasteiger partial charge >= 0.3 is 0 Å². The average molecular weight is 280 g/mol. The summed E-state index contributed by atoms with van der Waals surface area (Å²) in [7, 11) is 0. The molecule has 1 heterocycles. The molecule has 0 aromatic rings. The first-order valence-electron chi connectivity index (χ1n) is 9.16. The highest BCUT2D eigenvalue weighted by Gasteiger charge is 2.37. The Balaban J connectivity index is 2.07. The zero-order chi connectivity index (χ0) is 14.5. The van der Waals surface area contributed by atoms with Crippen LogP contribution < -0.4 is 5.32 Å². The Morgan fingerprint density at radius 3 is 2.55 bits per heavy atom. The van der Waals surface area contributed by atoms with E-state index < -0.39 is 0 Å². The van der Waals surface area contributed by atoms with E-state index in [1.54, 1.807) is 0 Å². The van der Waals surface area contributed by atoms with Crippen molar-refractivity contribution in [1.29, 1.82) is 0 Å². The molecule has 118 valence electrons. The molecule has 1 saturated heterocycles. The molecular formula is C18H36N2. The SMILES string of the molecule is CCCC1CN(C2CCCCC2C(C)C)C(CC)CN1. The molecule has 1 aliphatic carbocycles. The Morgan fingerprint density at radius 1 is 1.15 bits per heavy atom. The van der Waals surface area contributed by atoms with Crippen LogP contribution in [0, 0.1) is 11.8 Å². The standard InChI is InChI=1S/C18H36N2/c1-5-9-15-13-20(16(6-2)12-19-15)18-11-8-7-10-17(18)14(3)4/h14-19H,5-13H2,1-4H3. The molecule has 0 radical (unpaired) electrons. The van der Waals surface area contributed by atoms with E-state index in [1.807, 2.05) is 0 Å². The maximum Gasteiger partial charge on any atom is 0.0221 e. The van der Waals surface area contributed by atoms with Crippen LogP contribution in [0.2, 0.25) is 0 Å². The van der Waals surface area contributed by atoms with Gasteiger partial charge < -0.3 is 5.32 Å². The molecule has 4 unspecified atom stereocenters. The van der Waals surface area contributed by atoms with Crippen LogP contribution in [0.1, 0.15) is 72.6 Å². The molecule has 2 rings (SSSR count). The molecule has 0 spiro atoms. The van der Waals surface area contributed by atoms with Crippen molar-refractivity contribution in [3.8, 4) is 0 Å². The highest BCUT2D eigenvalue weighted by Crippen LogP contribution is 2.35. The van der Waals surface area contributed by atoms with Crippen molar-refractivity contribution in [3.63, 3.8) is 0 Å². The number of hydrogen-bond acceptors (Lipinski definition) is 2. The first-order valence-corrected chi connectivity index (χ1v) is 9.16. The second kappa shape index (κ2) is 7.79. The quantitative estimate of drug-likeness (QED) is 0.817. The number of nitrogens with zero attached hydrogens (tertiary/aromatic N) is 1.